The van der Waals surface area contributed by atoms with Gasteiger partial charge in [0.25, 0.3) is 0 Å². The number of para-hydroxylation sites is 1. The summed E-state index contributed by atoms with van der Waals surface area (Å²) in [5, 5.41) is 3.26. The first-order chi connectivity index (χ1) is 11.9. The maximum absolute atomic E-state index is 13.8. The number of nitrogen functional groups attached to an aromatic ring is 1. The molecule has 0 aliphatic heterocycles. The Bertz CT molecular complexity index is 965. The third-order valence-corrected chi connectivity index (χ3v) is 5.05. The first-order valence-corrected chi connectivity index (χ1v) is 8.59. The van der Waals surface area contributed by atoms with Gasteiger partial charge in [-0.3, -0.25) is 4.79 Å². The first kappa shape index (κ1) is 17.1. The summed E-state index contributed by atoms with van der Waals surface area (Å²) >= 11 is 1.12. The summed E-state index contributed by atoms with van der Waals surface area (Å²) in [7, 11) is 0. The zero-order valence-electron chi connectivity index (χ0n) is 14.2. The van der Waals surface area contributed by atoms with Crippen LogP contribution in [-0.2, 0) is 0 Å². The van der Waals surface area contributed by atoms with Crippen molar-refractivity contribution in [1.82, 2.24) is 4.98 Å². The van der Waals surface area contributed by atoms with Gasteiger partial charge in [0.2, 0.25) is 5.78 Å². The van der Waals surface area contributed by atoms with Gasteiger partial charge in [0, 0.05) is 5.56 Å². The molecule has 0 aliphatic rings. The Morgan fingerprint density at radius 2 is 1.80 bits per heavy atom. The number of halogens is 1. The van der Waals surface area contributed by atoms with Gasteiger partial charge in [0.15, 0.2) is 5.13 Å². The molecule has 3 N–H and O–H groups in total. The average Bonchev–Trinajstić information content (AvgIpc) is 2.93. The molecule has 0 fully saturated rings. The molecule has 0 radical (unpaired) electrons. The number of anilines is 3. The monoisotopic (exact) mass is 355 g/mol. The number of rotatable bonds is 4. The highest BCUT2D eigenvalue weighted by Crippen LogP contribution is 2.31. The topological polar surface area (TPSA) is 68.0 Å². The summed E-state index contributed by atoms with van der Waals surface area (Å²) in [4.78, 5) is 17.4. The number of thiazole rings is 1. The van der Waals surface area contributed by atoms with Gasteiger partial charge >= 0.3 is 0 Å². The van der Waals surface area contributed by atoms with Crippen molar-refractivity contribution in [1.29, 1.82) is 0 Å². The van der Waals surface area contributed by atoms with Crippen LogP contribution >= 0.6 is 11.3 Å². The maximum Gasteiger partial charge on any atom is 0.207 e. The summed E-state index contributed by atoms with van der Waals surface area (Å²) in [5.74, 6) is -0.419. The number of nitrogens with zero attached hydrogens (tertiary/aromatic N) is 1. The molecule has 128 valence electrons. The lowest BCUT2D eigenvalue weighted by Gasteiger charge is -2.08. The molecule has 1 aromatic heterocycles. The Balaban J connectivity index is 1.94. The second-order valence-electron chi connectivity index (χ2n) is 5.92. The van der Waals surface area contributed by atoms with E-state index in [9.17, 15) is 9.18 Å². The van der Waals surface area contributed by atoms with E-state index >= 15 is 0 Å². The summed E-state index contributed by atoms with van der Waals surface area (Å²) in [6.07, 6.45) is 0. The van der Waals surface area contributed by atoms with E-state index in [1.165, 1.54) is 6.07 Å². The van der Waals surface area contributed by atoms with E-state index in [0.717, 1.165) is 28.0 Å². The number of hydrogen-bond acceptors (Lipinski definition) is 5. The van der Waals surface area contributed by atoms with Gasteiger partial charge in [-0.25, -0.2) is 9.37 Å². The normalized spacial score (nSPS) is 10.7. The Morgan fingerprint density at radius 1 is 1.12 bits per heavy atom. The standard InChI is InChI=1S/C19H18FN3OS/c1-10-8-12(3)13(9-11(10)2)16(24)17-18(21)23-19(25-17)22-15-7-5-4-6-14(15)20/h4-9H,21H2,1-3H3,(H,22,23). The van der Waals surface area contributed by atoms with Crippen LogP contribution in [0.3, 0.4) is 0 Å². The van der Waals surface area contributed by atoms with Gasteiger partial charge in [-0.2, -0.15) is 0 Å². The van der Waals surface area contributed by atoms with Crippen LogP contribution in [0.25, 0.3) is 0 Å². The lowest BCUT2D eigenvalue weighted by molar-refractivity contribution is 0.104. The molecule has 2 aromatic carbocycles. The number of carbonyl (C=O) groups excluding carboxylic acids is 1. The van der Waals surface area contributed by atoms with Crippen molar-refractivity contribution in [3.8, 4) is 0 Å². The minimum Gasteiger partial charge on any atom is -0.382 e. The predicted octanol–water partition coefficient (Wildman–Crippen LogP) is 4.76. The molecule has 6 heteroatoms. The number of hydrogen-bond donors (Lipinski definition) is 2. The average molecular weight is 355 g/mol. The fourth-order valence-electron chi connectivity index (χ4n) is 2.55. The maximum atomic E-state index is 13.8. The van der Waals surface area contributed by atoms with Crippen LogP contribution < -0.4 is 11.1 Å². The molecule has 0 saturated heterocycles. The van der Waals surface area contributed by atoms with Crippen LogP contribution in [0, 0.1) is 26.6 Å². The quantitative estimate of drug-likeness (QED) is 0.662. The number of nitrogens with one attached hydrogen (secondary N) is 1. The molecule has 4 nitrogen and oxygen atoms in total. The van der Waals surface area contributed by atoms with Gasteiger partial charge in [-0.15, -0.1) is 0 Å². The molecule has 0 aliphatic carbocycles. The molecule has 1 heterocycles. The fourth-order valence-corrected chi connectivity index (χ4v) is 3.40. The van der Waals surface area contributed by atoms with Crippen LogP contribution in [0.5, 0.6) is 0 Å². The van der Waals surface area contributed by atoms with E-state index < -0.39 is 5.82 Å². The van der Waals surface area contributed by atoms with Gasteiger partial charge in [-0.05, 0) is 55.7 Å². The van der Waals surface area contributed by atoms with Crippen molar-refractivity contribution < 1.29 is 9.18 Å². The van der Waals surface area contributed by atoms with Gasteiger partial charge < -0.3 is 11.1 Å². The number of nitrogens with two attached hydrogens (primary N) is 1. The van der Waals surface area contributed by atoms with Crippen LogP contribution in [0.2, 0.25) is 0 Å². The molecule has 0 atom stereocenters. The predicted molar refractivity (Wildman–Crippen MR) is 100 cm³/mol. The van der Waals surface area contributed by atoms with Crippen molar-refractivity contribution in [2.45, 2.75) is 20.8 Å². The molecular weight excluding hydrogens is 337 g/mol. The minimum atomic E-state index is -0.394. The van der Waals surface area contributed by atoms with E-state index in [4.69, 9.17) is 5.73 Å². The molecule has 0 bridgehead atoms. The second kappa shape index (κ2) is 6.64. The van der Waals surface area contributed by atoms with Gasteiger partial charge in [0.1, 0.15) is 16.5 Å². The van der Waals surface area contributed by atoms with E-state index in [0.29, 0.717) is 15.6 Å². The van der Waals surface area contributed by atoms with E-state index in [1.807, 2.05) is 32.9 Å². The molecule has 3 aromatic rings. The van der Waals surface area contributed by atoms with Crippen LogP contribution in [0.4, 0.5) is 21.0 Å². The third kappa shape index (κ3) is 3.39. The lowest BCUT2D eigenvalue weighted by Crippen LogP contribution is -2.05. The number of aryl methyl sites for hydroxylation is 3. The van der Waals surface area contributed by atoms with Crippen LogP contribution in [0.15, 0.2) is 36.4 Å². The summed E-state index contributed by atoms with van der Waals surface area (Å²) < 4.78 is 13.8. The zero-order valence-corrected chi connectivity index (χ0v) is 15.0. The molecule has 0 unspecified atom stereocenters. The minimum absolute atomic E-state index is 0.145. The van der Waals surface area contributed by atoms with Crippen LogP contribution in [0.1, 0.15) is 31.9 Å². The van der Waals surface area contributed by atoms with E-state index in [2.05, 4.69) is 10.3 Å². The number of benzene rings is 2. The zero-order chi connectivity index (χ0) is 18.1. The van der Waals surface area contributed by atoms with Crippen molar-refractivity contribution >= 4 is 33.8 Å². The van der Waals surface area contributed by atoms with Crippen molar-refractivity contribution in [2.24, 2.45) is 0 Å². The fraction of sp³-hybridized carbons (Fsp3) is 0.158. The number of carbonyl (C=O) groups is 1. The molecule has 0 spiro atoms. The highest BCUT2D eigenvalue weighted by Gasteiger charge is 2.20. The van der Waals surface area contributed by atoms with Crippen LogP contribution in [-0.4, -0.2) is 10.8 Å². The molecular formula is C19H18FN3OS. The summed E-state index contributed by atoms with van der Waals surface area (Å²) in [5.41, 5.74) is 9.90. The Hall–Kier alpha value is -2.73. The first-order valence-electron chi connectivity index (χ1n) is 7.77. The highest BCUT2D eigenvalue weighted by molar-refractivity contribution is 7.18. The summed E-state index contributed by atoms with van der Waals surface area (Å²) in [6, 6.07) is 10.1. The lowest BCUT2D eigenvalue weighted by atomic mass is 9.97. The molecule has 3 rings (SSSR count). The Kier molecular flexibility index (Phi) is 4.55. The van der Waals surface area contributed by atoms with Crippen molar-refractivity contribution in [2.75, 3.05) is 11.1 Å². The van der Waals surface area contributed by atoms with Gasteiger partial charge in [-0.1, -0.05) is 29.5 Å². The smallest absolute Gasteiger partial charge is 0.207 e. The van der Waals surface area contributed by atoms with Gasteiger partial charge in [0.05, 0.1) is 5.69 Å². The second-order valence-corrected chi connectivity index (χ2v) is 6.92. The number of ketones is 1. The van der Waals surface area contributed by atoms with Crippen molar-refractivity contribution in [3.63, 3.8) is 0 Å². The Labute approximate surface area is 149 Å². The summed E-state index contributed by atoms with van der Waals surface area (Å²) in [6.45, 7) is 5.87. The largest absolute Gasteiger partial charge is 0.382 e. The molecule has 0 saturated carbocycles. The van der Waals surface area contributed by atoms with E-state index in [-0.39, 0.29) is 17.3 Å². The number of aromatic nitrogens is 1. The highest BCUT2D eigenvalue weighted by atomic mass is 32.1. The molecule has 25 heavy (non-hydrogen) atoms. The van der Waals surface area contributed by atoms with E-state index in [1.54, 1.807) is 18.2 Å². The third-order valence-electron chi connectivity index (χ3n) is 4.06. The SMILES string of the molecule is Cc1cc(C)c(C(=O)c2sc(Nc3ccccc3F)nc2N)cc1C. The molecule has 0 amide bonds. The van der Waals surface area contributed by atoms with Crippen molar-refractivity contribution in [3.05, 3.63) is 69.3 Å². The Morgan fingerprint density at radius 3 is 2.52 bits per heavy atom.